The van der Waals surface area contributed by atoms with Crippen LogP contribution < -0.4 is 0 Å². The maximum Gasteiger partial charge on any atom is 0.194 e. The summed E-state index contributed by atoms with van der Waals surface area (Å²) in [5.41, 5.74) is 1.47. The summed E-state index contributed by atoms with van der Waals surface area (Å²) in [6.07, 6.45) is 1.59. The first kappa shape index (κ1) is 10.7. The van der Waals surface area contributed by atoms with Crippen molar-refractivity contribution in [1.82, 2.24) is 9.97 Å². The van der Waals surface area contributed by atoms with Gasteiger partial charge in [-0.3, -0.25) is 0 Å². The first-order valence-electron chi connectivity index (χ1n) is 4.44. The van der Waals surface area contributed by atoms with Gasteiger partial charge in [0.25, 0.3) is 0 Å². The van der Waals surface area contributed by atoms with Crippen molar-refractivity contribution in [1.29, 1.82) is 0 Å². The summed E-state index contributed by atoms with van der Waals surface area (Å²) in [4.78, 5) is 8.20. The molecule has 0 unspecified atom stereocenters. The number of rotatable bonds is 4. The highest BCUT2D eigenvalue weighted by Crippen LogP contribution is 2.10. The van der Waals surface area contributed by atoms with Crippen LogP contribution in [0.25, 0.3) is 5.76 Å². The fourth-order valence-electron chi connectivity index (χ4n) is 1.02. The Morgan fingerprint density at radius 3 is 2.86 bits per heavy atom. The maximum atomic E-state index is 8.92. The van der Waals surface area contributed by atoms with Gasteiger partial charge >= 0.3 is 0 Å². The zero-order chi connectivity index (χ0) is 10.6. The third-order valence-corrected chi connectivity index (χ3v) is 1.82. The second kappa shape index (κ2) is 4.72. The molecule has 1 heterocycles. The average molecular weight is 194 g/mol. The van der Waals surface area contributed by atoms with Crippen LogP contribution in [0.1, 0.15) is 24.0 Å². The fraction of sp³-hybridized carbons (Fsp3) is 0.400. The molecule has 0 radical (unpaired) electrons. The van der Waals surface area contributed by atoms with Crippen LogP contribution in [0.3, 0.4) is 0 Å². The van der Waals surface area contributed by atoms with Crippen molar-refractivity contribution in [2.75, 3.05) is 6.61 Å². The summed E-state index contributed by atoms with van der Waals surface area (Å²) in [7, 11) is 0. The molecule has 0 bridgehead atoms. The highest BCUT2D eigenvalue weighted by molar-refractivity contribution is 5.49. The molecular weight excluding hydrogens is 180 g/mol. The van der Waals surface area contributed by atoms with Gasteiger partial charge in [0.2, 0.25) is 0 Å². The van der Waals surface area contributed by atoms with Crippen LogP contribution in [0, 0.1) is 6.92 Å². The van der Waals surface area contributed by atoms with Crippen LogP contribution in [0.2, 0.25) is 0 Å². The van der Waals surface area contributed by atoms with E-state index < -0.39 is 0 Å². The molecule has 14 heavy (non-hydrogen) atoms. The number of hydrogen-bond donors (Lipinski definition) is 1. The van der Waals surface area contributed by atoms with E-state index in [2.05, 4.69) is 16.5 Å². The first-order valence-corrected chi connectivity index (χ1v) is 4.44. The minimum Gasteiger partial charge on any atom is -0.491 e. The van der Waals surface area contributed by atoms with Gasteiger partial charge in [-0.15, -0.1) is 0 Å². The molecule has 0 spiro atoms. The molecule has 0 saturated carbocycles. The highest BCUT2D eigenvalue weighted by atomic mass is 16.5. The van der Waals surface area contributed by atoms with E-state index in [0.29, 0.717) is 18.2 Å². The molecule has 4 nitrogen and oxygen atoms in total. The second-order valence-electron chi connectivity index (χ2n) is 2.82. The molecule has 0 saturated heterocycles. The molecule has 0 amide bonds. The number of hydrogen-bond acceptors (Lipinski definition) is 4. The third-order valence-electron chi connectivity index (χ3n) is 1.82. The van der Waals surface area contributed by atoms with Gasteiger partial charge in [0.15, 0.2) is 11.6 Å². The average Bonchev–Trinajstić information content (AvgIpc) is 2.18. The van der Waals surface area contributed by atoms with Gasteiger partial charge in [-0.05, 0) is 13.8 Å². The van der Waals surface area contributed by atoms with Crippen molar-refractivity contribution >= 4 is 5.76 Å². The van der Waals surface area contributed by atoms with Crippen LogP contribution in [0.15, 0.2) is 12.8 Å². The molecule has 76 valence electrons. The molecule has 1 aromatic rings. The Bertz CT molecular complexity index is 337. The molecular formula is C10H14N2O2. The number of aromatic nitrogens is 2. The molecule has 0 aromatic carbocycles. The molecule has 1 N–H and O–H groups in total. The van der Waals surface area contributed by atoms with E-state index in [0.717, 1.165) is 11.3 Å². The summed E-state index contributed by atoms with van der Waals surface area (Å²) in [5.74, 6) is 0.932. The van der Waals surface area contributed by atoms with Crippen LogP contribution in [-0.4, -0.2) is 21.7 Å². The topological polar surface area (TPSA) is 55.2 Å². The largest absolute Gasteiger partial charge is 0.491 e. The number of nitrogens with zero attached hydrogens (tertiary/aromatic N) is 2. The Hall–Kier alpha value is -1.42. The Morgan fingerprint density at radius 2 is 2.36 bits per heavy atom. The lowest BCUT2D eigenvalue weighted by Gasteiger charge is -2.07. The summed E-state index contributed by atoms with van der Waals surface area (Å²) in [6.45, 7) is 7.89. The molecule has 1 aromatic heterocycles. The van der Waals surface area contributed by atoms with E-state index in [-0.39, 0.29) is 6.61 Å². The van der Waals surface area contributed by atoms with Gasteiger partial charge in [-0.1, -0.05) is 6.58 Å². The number of ether oxygens (including phenoxy) is 1. The molecule has 0 aliphatic rings. The molecule has 1 rings (SSSR count). The van der Waals surface area contributed by atoms with E-state index in [9.17, 15) is 0 Å². The van der Waals surface area contributed by atoms with Crippen LogP contribution >= 0.6 is 0 Å². The summed E-state index contributed by atoms with van der Waals surface area (Å²) < 4.78 is 5.17. The zero-order valence-corrected chi connectivity index (χ0v) is 8.45. The first-order chi connectivity index (χ1) is 6.69. The number of aryl methyl sites for hydroxylation is 1. The summed E-state index contributed by atoms with van der Waals surface area (Å²) in [6, 6.07) is 0. The predicted octanol–water partition coefficient (Wildman–Crippen LogP) is 1.28. The SMILES string of the molecule is C=C(OCC)c1ncc(CO)c(C)n1. The van der Waals surface area contributed by atoms with Crippen molar-refractivity contribution < 1.29 is 9.84 Å². The lowest BCUT2D eigenvalue weighted by molar-refractivity contribution is 0.279. The van der Waals surface area contributed by atoms with Crippen molar-refractivity contribution in [2.45, 2.75) is 20.5 Å². The quantitative estimate of drug-likeness (QED) is 0.734. The molecule has 0 fully saturated rings. The Morgan fingerprint density at radius 1 is 1.64 bits per heavy atom. The standard InChI is InChI=1S/C10H14N2O2/c1-4-14-8(3)10-11-5-9(6-13)7(2)12-10/h5,13H,3-4,6H2,1-2H3. The van der Waals surface area contributed by atoms with Crippen molar-refractivity contribution in [2.24, 2.45) is 0 Å². The third kappa shape index (κ3) is 2.29. The van der Waals surface area contributed by atoms with Crippen LogP contribution in [0.4, 0.5) is 0 Å². The number of aliphatic hydroxyl groups is 1. The maximum absolute atomic E-state index is 8.92. The van der Waals surface area contributed by atoms with Crippen molar-refractivity contribution in [3.8, 4) is 0 Å². The summed E-state index contributed by atoms with van der Waals surface area (Å²) in [5, 5.41) is 8.92. The van der Waals surface area contributed by atoms with Crippen molar-refractivity contribution in [3.63, 3.8) is 0 Å². The molecule has 0 atom stereocenters. The Balaban J connectivity index is 2.91. The lowest BCUT2D eigenvalue weighted by Crippen LogP contribution is -2.02. The van der Waals surface area contributed by atoms with Gasteiger partial charge in [-0.2, -0.15) is 0 Å². The Labute approximate surface area is 83.3 Å². The van der Waals surface area contributed by atoms with Gasteiger partial charge in [0, 0.05) is 17.5 Å². The minimum atomic E-state index is -0.0484. The monoisotopic (exact) mass is 194 g/mol. The van der Waals surface area contributed by atoms with Gasteiger partial charge < -0.3 is 9.84 Å². The molecule has 4 heteroatoms. The molecule has 0 aliphatic heterocycles. The zero-order valence-electron chi connectivity index (χ0n) is 8.45. The Kier molecular flexibility index (Phi) is 3.59. The van der Waals surface area contributed by atoms with Gasteiger partial charge in [-0.25, -0.2) is 9.97 Å². The smallest absolute Gasteiger partial charge is 0.194 e. The van der Waals surface area contributed by atoms with Gasteiger partial charge in [0.1, 0.15) is 0 Å². The van der Waals surface area contributed by atoms with E-state index in [1.54, 1.807) is 6.20 Å². The van der Waals surface area contributed by atoms with E-state index in [1.165, 1.54) is 0 Å². The predicted molar refractivity (Wildman–Crippen MR) is 53.4 cm³/mol. The second-order valence-corrected chi connectivity index (χ2v) is 2.82. The lowest BCUT2D eigenvalue weighted by atomic mass is 10.2. The fourth-order valence-corrected chi connectivity index (χ4v) is 1.02. The van der Waals surface area contributed by atoms with Crippen LogP contribution in [-0.2, 0) is 11.3 Å². The highest BCUT2D eigenvalue weighted by Gasteiger charge is 2.05. The molecule has 0 aliphatic carbocycles. The minimum absolute atomic E-state index is 0.0484. The summed E-state index contributed by atoms with van der Waals surface area (Å²) >= 11 is 0. The van der Waals surface area contributed by atoms with Gasteiger partial charge in [0.05, 0.1) is 13.2 Å². The van der Waals surface area contributed by atoms with Crippen LogP contribution in [0.5, 0.6) is 0 Å². The van der Waals surface area contributed by atoms with Crippen molar-refractivity contribution in [3.05, 3.63) is 29.9 Å². The van der Waals surface area contributed by atoms with E-state index >= 15 is 0 Å². The van der Waals surface area contributed by atoms with E-state index in [4.69, 9.17) is 9.84 Å². The number of aliphatic hydroxyl groups excluding tert-OH is 1. The normalized spacial score (nSPS) is 9.93. The van der Waals surface area contributed by atoms with E-state index in [1.807, 2.05) is 13.8 Å².